The first kappa shape index (κ1) is 14.5. The fourth-order valence-electron chi connectivity index (χ4n) is 2.19. The van der Waals surface area contributed by atoms with Crippen molar-refractivity contribution in [1.82, 2.24) is 25.4 Å². The third-order valence-electron chi connectivity index (χ3n) is 3.99. The smallest absolute Gasteiger partial charge is 0.315 e. The fourth-order valence-corrected chi connectivity index (χ4v) is 2.19. The maximum atomic E-state index is 11.7. The second kappa shape index (κ2) is 6.15. The molecule has 7 nitrogen and oxygen atoms in total. The van der Waals surface area contributed by atoms with Crippen LogP contribution in [0, 0.1) is 5.41 Å². The van der Waals surface area contributed by atoms with Crippen LogP contribution in [0.5, 0.6) is 0 Å². The molecule has 3 rings (SSSR count). The van der Waals surface area contributed by atoms with E-state index in [1.165, 1.54) is 6.33 Å². The van der Waals surface area contributed by atoms with Gasteiger partial charge >= 0.3 is 6.03 Å². The molecule has 1 saturated carbocycles. The van der Waals surface area contributed by atoms with E-state index in [4.69, 9.17) is 0 Å². The van der Waals surface area contributed by atoms with Crippen LogP contribution in [-0.2, 0) is 6.54 Å². The highest BCUT2D eigenvalue weighted by Gasteiger charge is 2.42. The van der Waals surface area contributed by atoms with Crippen molar-refractivity contribution in [2.45, 2.75) is 19.4 Å². The number of nitrogens with one attached hydrogen (secondary N) is 2. The molecule has 0 aliphatic heterocycles. The van der Waals surface area contributed by atoms with Gasteiger partial charge in [-0.15, -0.1) is 0 Å². The molecule has 0 bridgehead atoms. The molecule has 1 aliphatic carbocycles. The van der Waals surface area contributed by atoms with Gasteiger partial charge in [-0.3, -0.25) is 0 Å². The van der Waals surface area contributed by atoms with Gasteiger partial charge in [0.15, 0.2) is 0 Å². The Hall–Kier alpha value is -2.41. The lowest BCUT2D eigenvalue weighted by atomic mass is 10.1. The van der Waals surface area contributed by atoms with Crippen molar-refractivity contribution in [1.29, 1.82) is 0 Å². The first-order valence-corrected chi connectivity index (χ1v) is 7.27. The Labute approximate surface area is 128 Å². The predicted molar refractivity (Wildman–Crippen MR) is 80.4 cm³/mol. The van der Waals surface area contributed by atoms with Crippen LogP contribution in [-0.4, -0.2) is 39.1 Å². The van der Waals surface area contributed by atoms with Crippen LogP contribution in [0.3, 0.4) is 0 Å². The van der Waals surface area contributed by atoms with E-state index < -0.39 is 0 Å². The van der Waals surface area contributed by atoms with Crippen molar-refractivity contribution in [3.63, 3.8) is 0 Å². The number of aromatic nitrogens is 3. The number of hydrogen-bond acceptors (Lipinski definition) is 4. The molecule has 7 heteroatoms. The van der Waals surface area contributed by atoms with Gasteiger partial charge in [-0.1, -0.05) is 12.1 Å². The Bertz CT molecular complexity index is 620. The van der Waals surface area contributed by atoms with E-state index >= 15 is 0 Å². The molecule has 1 aromatic carbocycles. The monoisotopic (exact) mass is 301 g/mol. The number of carbonyl (C=O) groups is 1. The summed E-state index contributed by atoms with van der Waals surface area (Å²) in [5, 5.41) is 18.9. The minimum Gasteiger partial charge on any atom is -0.396 e. The van der Waals surface area contributed by atoms with E-state index in [1.54, 1.807) is 11.0 Å². The number of rotatable bonds is 6. The van der Waals surface area contributed by atoms with Crippen molar-refractivity contribution >= 4 is 6.03 Å². The van der Waals surface area contributed by atoms with Gasteiger partial charge in [-0.2, -0.15) is 5.10 Å². The maximum Gasteiger partial charge on any atom is 0.315 e. The van der Waals surface area contributed by atoms with Crippen molar-refractivity contribution in [2.75, 3.05) is 13.2 Å². The summed E-state index contributed by atoms with van der Waals surface area (Å²) >= 11 is 0. The van der Waals surface area contributed by atoms with Gasteiger partial charge in [0.1, 0.15) is 12.7 Å². The normalized spacial score (nSPS) is 15.3. The molecule has 1 heterocycles. The quantitative estimate of drug-likeness (QED) is 0.737. The molecule has 3 N–H and O–H groups in total. The zero-order valence-corrected chi connectivity index (χ0v) is 12.2. The summed E-state index contributed by atoms with van der Waals surface area (Å²) in [6, 6.07) is 7.52. The number of amides is 2. The molecule has 0 radical (unpaired) electrons. The Morgan fingerprint density at radius 3 is 2.64 bits per heavy atom. The predicted octanol–water partition coefficient (Wildman–Crippen LogP) is 0.839. The Morgan fingerprint density at radius 1 is 1.27 bits per heavy atom. The highest BCUT2D eigenvalue weighted by Crippen LogP contribution is 2.44. The van der Waals surface area contributed by atoms with Crippen LogP contribution < -0.4 is 10.6 Å². The van der Waals surface area contributed by atoms with Crippen molar-refractivity contribution in [3.05, 3.63) is 42.5 Å². The van der Waals surface area contributed by atoms with E-state index in [1.807, 2.05) is 24.3 Å². The van der Waals surface area contributed by atoms with Crippen LogP contribution in [0.25, 0.3) is 5.69 Å². The molecule has 0 saturated heterocycles. The molecule has 1 fully saturated rings. The minimum absolute atomic E-state index is 0.0726. The molecule has 0 spiro atoms. The second-order valence-electron chi connectivity index (χ2n) is 5.70. The third-order valence-corrected chi connectivity index (χ3v) is 3.99. The van der Waals surface area contributed by atoms with Crippen molar-refractivity contribution < 1.29 is 9.90 Å². The van der Waals surface area contributed by atoms with Crippen LogP contribution >= 0.6 is 0 Å². The average molecular weight is 301 g/mol. The summed E-state index contributed by atoms with van der Waals surface area (Å²) in [4.78, 5) is 15.6. The Balaban J connectivity index is 1.46. The zero-order valence-electron chi connectivity index (χ0n) is 12.2. The standard InChI is InChI=1S/C15H19N5O2/c21-9-15(5-6-15)8-18-14(22)17-7-12-1-3-13(4-2-12)20-11-16-10-19-20/h1-4,10-11,21H,5-9H2,(H2,17,18,22). The molecule has 2 aromatic rings. The lowest BCUT2D eigenvalue weighted by Crippen LogP contribution is -2.39. The minimum atomic E-state index is -0.208. The topological polar surface area (TPSA) is 92.1 Å². The molecular formula is C15H19N5O2. The van der Waals surface area contributed by atoms with Gasteiger partial charge in [0.2, 0.25) is 0 Å². The Morgan fingerprint density at radius 2 is 2.05 bits per heavy atom. The van der Waals surface area contributed by atoms with Gasteiger partial charge in [0, 0.05) is 18.5 Å². The highest BCUT2D eigenvalue weighted by molar-refractivity contribution is 5.73. The van der Waals surface area contributed by atoms with Gasteiger partial charge < -0.3 is 15.7 Å². The van der Waals surface area contributed by atoms with E-state index in [0.29, 0.717) is 13.1 Å². The van der Waals surface area contributed by atoms with Gasteiger partial charge in [0.25, 0.3) is 0 Å². The molecule has 22 heavy (non-hydrogen) atoms. The second-order valence-corrected chi connectivity index (χ2v) is 5.70. The number of aliphatic hydroxyl groups is 1. The lowest BCUT2D eigenvalue weighted by Gasteiger charge is -2.13. The van der Waals surface area contributed by atoms with Crippen LogP contribution in [0.4, 0.5) is 4.79 Å². The average Bonchev–Trinajstić information content (AvgIpc) is 3.14. The number of nitrogens with zero attached hydrogens (tertiary/aromatic N) is 3. The maximum absolute atomic E-state index is 11.7. The summed E-state index contributed by atoms with van der Waals surface area (Å²) in [7, 11) is 0. The van der Waals surface area contributed by atoms with Gasteiger partial charge in [0.05, 0.1) is 12.3 Å². The van der Waals surface area contributed by atoms with Crippen molar-refractivity contribution in [2.24, 2.45) is 5.41 Å². The summed E-state index contributed by atoms with van der Waals surface area (Å²) in [6.45, 7) is 1.12. The molecule has 1 aromatic heterocycles. The summed E-state index contributed by atoms with van der Waals surface area (Å²) < 4.78 is 1.67. The molecule has 1 aliphatic rings. The third kappa shape index (κ3) is 3.43. The highest BCUT2D eigenvalue weighted by atomic mass is 16.3. The summed E-state index contributed by atoms with van der Waals surface area (Å²) in [5.74, 6) is 0. The number of hydrogen-bond donors (Lipinski definition) is 3. The van der Waals surface area contributed by atoms with Crippen LogP contribution in [0.15, 0.2) is 36.9 Å². The lowest BCUT2D eigenvalue weighted by molar-refractivity contribution is 0.203. The number of aliphatic hydroxyl groups excluding tert-OH is 1. The number of carbonyl (C=O) groups excluding carboxylic acids is 1. The van der Waals surface area contributed by atoms with E-state index in [0.717, 1.165) is 24.1 Å². The van der Waals surface area contributed by atoms with Gasteiger partial charge in [-0.25, -0.2) is 14.5 Å². The zero-order chi connectivity index (χ0) is 15.4. The first-order valence-electron chi connectivity index (χ1n) is 7.27. The van der Waals surface area contributed by atoms with Crippen LogP contribution in [0.2, 0.25) is 0 Å². The molecule has 0 atom stereocenters. The van der Waals surface area contributed by atoms with E-state index in [-0.39, 0.29) is 18.1 Å². The summed E-state index contributed by atoms with van der Waals surface area (Å²) in [5.41, 5.74) is 1.85. The molecule has 0 unspecified atom stereocenters. The number of urea groups is 1. The molecule has 116 valence electrons. The SMILES string of the molecule is O=C(NCc1ccc(-n2cncn2)cc1)NCC1(CO)CC1. The first-order chi connectivity index (χ1) is 10.7. The Kier molecular flexibility index (Phi) is 4.06. The largest absolute Gasteiger partial charge is 0.396 e. The molecule has 2 amide bonds. The van der Waals surface area contributed by atoms with Crippen LogP contribution in [0.1, 0.15) is 18.4 Å². The fraction of sp³-hybridized carbons (Fsp3) is 0.400. The number of benzene rings is 1. The van der Waals surface area contributed by atoms with Crippen molar-refractivity contribution in [3.8, 4) is 5.69 Å². The summed E-state index contributed by atoms with van der Waals surface area (Å²) in [6.07, 6.45) is 5.08. The van der Waals surface area contributed by atoms with E-state index in [2.05, 4.69) is 20.7 Å². The molecular weight excluding hydrogens is 282 g/mol. The van der Waals surface area contributed by atoms with E-state index in [9.17, 15) is 9.90 Å². The van der Waals surface area contributed by atoms with Gasteiger partial charge in [-0.05, 0) is 30.5 Å².